The van der Waals surface area contributed by atoms with E-state index in [0.29, 0.717) is 16.3 Å². The molecule has 1 aliphatic rings. The molecule has 2 amide bonds. The molecule has 1 aliphatic heterocycles. The highest BCUT2D eigenvalue weighted by Gasteiger charge is 2.27. The molecule has 1 fully saturated rings. The molecular formula is C26H20F2N4O4. The number of nitrogens with zero attached hydrogens (tertiary/aromatic N) is 3. The highest BCUT2D eigenvalue weighted by molar-refractivity contribution is 5.96. The molecule has 5 rings (SSSR count). The van der Waals surface area contributed by atoms with E-state index in [-0.39, 0.29) is 54.8 Å². The molecule has 4 aromatic rings. The standard InChI is InChI=1S/C26H20F2N4O4/c27-17-7-5-16(6-8-17)25(34)31-11-13-32(14-12-31)26(35)21-15-18(9-10-22(21)28)36-24-20-4-2-1-3-19(20)23(33)29-30-24/h1-10,15H,11-14H2,(H,29,33). The summed E-state index contributed by atoms with van der Waals surface area (Å²) in [5.41, 5.74) is -0.194. The number of fused-ring (bicyclic) bond motifs is 1. The average Bonchev–Trinajstić information content (AvgIpc) is 2.91. The van der Waals surface area contributed by atoms with Crippen LogP contribution in [0.15, 0.2) is 71.5 Å². The normalized spacial score (nSPS) is 13.6. The molecule has 0 spiro atoms. The van der Waals surface area contributed by atoms with Crippen molar-refractivity contribution in [1.29, 1.82) is 0 Å². The Balaban J connectivity index is 1.30. The quantitative estimate of drug-likeness (QED) is 0.472. The van der Waals surface area contributed by atoms with Crippen molar-refractivity contribution in [2.45, 2.75) is 0 Å². The maximum Gasteiger partial charge on any atom is 0.272 e. The highest BCUT2D eigenvalue weighted by Crippen LogP contribution is 2.27. The van der Waals surface area contributed by atoms with Crippen LogP contribution >= 0.6 is 0 Å². The summed E-state index contributed by atoms with van der Waals surface area (Å²) in [4.78, 5) is 40.8. The number of H-pyrrole nitrogens is 1. The zero-order valence-corrected chi connectivity index (χ0v) is 18.9. The number of hydrogen-bond donors (Lipinski definition) is 1. The van der Waals surface area contributed by atoms with E-state index in [9.17, 15) is 23.2 Å². The molecule has 2 heterocycles. The van der Waals surface area contributed by atoms with Crippen LogP contribution in [-0.4, -0.2) is 58.0 Å². The second-order valence-electron chi connectivity index (χ2n) is 8.24. The third-order valence-corrected chi connectivity index (χ3v) is 5.99. The predicted molar refractivity (Wildman–Crippen MR) is 127 cm³/mol. The first-order valence-electron chi connectivity index (χ1n) is 11.2. The van der Waals surface area contributed by atoms with Crippen molar-refractivity contribution in [1.82, 2.24) is 20.0 Å². The van der Waals surface area contributed by atoms with E-state index in [0.717, 1.165) is 6.07 Å². The van der Waals surface area contributed by atoms with Gasteiger partial charge in [0.2, 0.25) is 5.88 Å². The lowest BCUT2D eigenvalue weighted by atomic mass is 10.1. The predicted octanol–water partition coefficient (Wildman–Crippen LogP) is 3.59. The second kappa shape index (κ2) is 9.57. The summed E-state index contributed by atoms with van der Waals surface area (Å²) in [5, 5.41) is 7.15. The molecule has 0 saturated carbocycles. The van der Waals surface area contributed by atoms with Gasteiger partial charge in [0.25, 0.3) is 17.4 Å². The number of carbonyl (C=O) groups excluding carboxylic acids is 2. The summed E-state index contributed by atoms with van der Waals surface area (Å²) in [7, 11) is 0. The van der Waals surface area contributed by atoms with Gasteiger partial charge < -0.3 is 14.5 Å². The van der Waals surface area contributed by atoms with Gasteiger partial charge in [0.1, 0.15) is 17.4 Å². The third kappa shape index (κ3) is 4.52. The van der Waals surface area contributed by atoms with Crippen LogP contribution < -0.4 is 10.3 Å². The molecule has 0 bridgehead atoms. The van der Waals surface area contributed by atoms with Crippen molar-refractivity contribution in [3.63, 3.8) is 0 Å². The molecule has 1 saturated heterocycles. The highest BCUT2D eigenvalue weighted by atomic mass is 19.1. The summed E-state index contributed by atoms with van der Waals surface area (Å²) in [6, 6.07) is 15.8. The van der Waals surface area contributed by atoms with E-state index in [2.05, 4.69) is 10.2 Å². The molecule has 0 atom stereocenters. The lowest BCUT2D eigenvalue weighted by Gasteiger charge is -2.35. The number of nitrogens with one attached hydrogen (secondary N) is 1. The van der Waals surface area contributed by atoms with Gasteiger partial charge in [-0.2, -0.15) is 0 Å². The monoisotopic (exact) mass is 490 g/mol. The smallest absolute Gasteiger partial charge is 0.272 e. The minimum atomic E-state index is -0.712. The lowest BCUT2D eigenvalue weighted by molar-refractivity contribution is 0.0532. The van der Waals surface area contributed by atoms with Crippen LogP contribution in [0.1, 0.15) is 20.7 Å². The number of rotatable bonds is 4. The van der Waals surface area contributed by atoms with E-state index < -0.39 is 17.5 Å². The largest absolute Gasteiger partial charge is 0.437 e. The number of benzene rings is 3. The number of ether oxygens (including phenoxy) is 1. The van der Waals surface area contributed by atoms with Crippen LogP contribution in [0.3, 0.4) is 0 Å². The minimum Gasteiger partial charge on any atom is -0.437 e. The van der Waals surface area contributed by atoms with Crippen LogP contribution in [0, 0.1) is 11.6 Å². The van der Waals surface area contributed by atoms with E-state index in [1.165, 1.54) is 41.3 Å². The zero-order valence-electron chi connectivity index (χ0n) is 18.9. The molecule has 8 nitrogen and oxygen atoms in total. The molecule has 36 heavy (non-hydrogen) atoms. The van der Waals surface area contributed by atoms with Crippen molar-refractivity contribution in [3.8, 4) is 11.6 Å². The van der Waals surface area contributed by atoms with Crippen molar-refractivity contribution in [2.75, 3.05) is 26.2 Å². The second-order valence-corrected chi connectivity index (χ2v) is 8.24. The number of amides is 2. The van der Waals surface area contributed by atoms with E-state index in [1.807, 2.05) is 0 Å². The number of hydrogen-bond acceptors (Lipinski definition) is 5. The molecule has 182 valence electrons. The average molecular weight is 490 g/mol. The Morgan fingerprint density at radius 2 is 1.47 bits per heavy atom. The van der Waals surface area contributed by atoms with Crippen molar-refractivity contribution in [2.24, 2.45) is 0 Å². The fourth-order valence-corrected chi connectivity index (χ4v) is 4.07. The van der Waals surface area contributed by atoms with Gasteiger partial charge in [0.15, 0.2) is 0 Å². The number of carbonyl (C=O) groups is 2. The fraction of sp³-hybridized carbons (Fsp3) is 0.154. The van der Waals surface area contributed by atoms with Gasteiger partial charge in [-0.1, -0.05) is 12.1 Å². The molecule has 3 aromatic carbocycles. The van der Waals surface area contributed by atoms with E-state index in [1.54, 1.807) is 29.2 Å². The first-order valence-corrected chi connectivity index (χ1v) is 11.2. The summed E-state index contributed by atoms with van der Waals surface area (Å²) in [6.07, 6.45) is 0. The van der Waals surface area contributed by atoms with E-state index >= 15 is 0 Å². The van der Waals surface area contributed by atoms with Crippen molar-refractivity contribution in [3.05, 3.63) is 99.8 Å². The van der Waals surface area contributed by atoms with Gasteiger partial charge in [-0.3, -0.25) is 14.4 Å². The van der Waals surface area contributed by atoms with Crippen LogP contribution in [0.4, 0.5) is 8.78 Å². The summed E-state index contributed by atoms with van der Waals surface area (Å²) < 4.78 is 33.5. The summed E-state index contributed by atoms with van der Waals surface area (Å²) in [5.74, 6) is -1.65. The van der Waals surface area contributed by atoms with Gasteiger partial charge in [-0.15, -0.1) is 5.10 Å². The Bertz CT molecular complexity index is 1510. The minimum absolute atomic E-state index is 0.114. The summed E-state index contributed by atoms with van der Waals surface area (Å²) >= 11 is 0. The number of aromatic amines is 1. The zero-order chi connectivity index (χ0) is 25.2. The Kier molecular flexibility index (Phi) is 6.16. The fourth-order valence-electron chi connectivity index (χ4n) is 4.07. The lowest BCUT2D eigenvalue weighted by Crippen LogP contribution is -2.50. The molecule has 0 unspecified atom stereocenters. The van der Waals surface area contributed by atoms with Crippen molar-refractivity contribution >= 4 is 22.6 Å². The van der Waals surface area contributed by atoms with Gasteiger partial charge >= 0.3 is 0 Å². The Morgan fingerprint density at radius 1 is 0.833 bits per heavy atom. The van der Waals surface area contributed by atoms with Crippen LogP contribution in [-0.2, 0) is 0 Å². The Hall–Kier alpha value is -4.60. The number of piperazine rings is 1. The van der Waals surface area contributed by atoms with Gasteiger partial charge in [-0.25, -0.2) is 13.9 Å². The Morgan fingerprint density at radius 3 is 2.17 bits per heavy atom. The Labute approximate surface area is 203 Å². The number of aromatic nitrogens is 2. The first-order chi connectivity index (χ1) is 17.4. The molecule has 1 N–H and O–H groups in total. The molecule has 1 aromatic heterocycles. The maximum absolute atomic E-state index is 14.6. The first kappa shape index (κ1) is 23.2. The van der Waals surface area contributed by atoms with Crippen LogP contribution in [0.5, 0.6) is 11.6 Å². The number of halogens is 2. The van der Waals surface area contributed by atoms with Gasteiger partial charge in [-0.05, 0) is 54.6 Å². The topological polar surface area (TPSA) is 95.6 Å². The van der Waals surface area contributed by atoms with Gasteiger partial charge in [0, 0.05) is 31.7 Å². The molecule has 0 aliphatic carbocycles. The maximum atomic E-state index is 14.6. The van der Waals surface area contributed by atoms with Crippen LogP contribution in [0.2, 0.25) is 0 Å². The van der Waals surface area contributed by atoms with Crippen molar-refractivity contribution < 1.29 is 23.1 Å². The summed E-state index contributed by atoms with van der Waals surface area (Å²) in [6.45, 7) is 0.935. The molecule has 0 radical (unpaired) electrons. The SMILES string of the molecule is O=C(c1ccc(F)cc1)N1CCN(C(=O)c2cc(Oc3n[nH]c(=O)c4ccccc34)ccc2F)CC1. The molecule has 10 heteroatoms. The third-order valence-electron chi connectivity index (χ3n) is 5.99. The van der Waals surface area contributed by atoms with Gasteiger partial charge in [0.05, 0.1) is 16.3 Å². The molecular weight excluding hydrogens is 470 g/mol. The van der Waals surface area contributed by atoms with Crippen LogP contribution in [0.25, 0.3) is 10.8 Å². The van der Waals surface area contributed by atoms with E-state index in [4.69, 9.17) is 4.74 Å².